The summed E-state index contributed by atoms with van der Waals surface area (Å²) < 4.78 is 1.94. The van der Waals surface area contributed by atoms with Gasteiger partial charge >= 0.3 is 0 Å². The fourth-order valence-electron chi connectivity index (χ4n) is 2.37. The van der Waals surface area contributed by atoms with Crippen molar-refractivity contribution in [3.63, 3.8) is 0 Å². The third kappa shape index (κ3) is 2.96. The number of hydrogen-bond acceptors (Lipinski definition) is 3. The molecule has 0 spiro atoms. The smallest absolute Gasteiger partial charge is 0.0695 e. The van der Waals surface area contributed by atoms with E-state index in [1.807, 2.05) is 16.9 Å². The number of nitrogens with zero attached hydrogens (tertiary/aromatic N) is 3. The van der Waals surface area contributed by atoms with E-state index in [1.54, 1.807) is 0 Å². The standard InChI is InChI=1S/C15H22N4/c1-3-18-12-13(11-17-18)15(10-16)19(4-2)14-8-6-5-7-9-14/h5-9,11-12,15H,3-4,10,16H2,1-2H3. The van der Waals surface area contributed by atoms with Crippen molar-refractivity contribution in [2.75, 3.05) is 18.0 Å². The topological polar surface area (TPSA) is 47.1 Å². The molecule has 2 aromatic rings. The minimum Gasteiger partial charge on any atom is -0.363 e. The van der Waals surface area contributed by atoms with Crippen LogP contribution in [0.25, 0.3) is 0 Å². The molecule has 0 saturated heterocycles. The molecule has 4 heteroatoms. The molecule has 0 aliphatic rings. The predicted octanol–water partition coefficient (Wildman–Crippen LogP) is 2.43. The molecule has 1 aromatic carbocycles. The molecule has 0 radical (unpaired) electrons. The number of anilines is 1. The lowest BCUT2D eigenvalue weighted by Crippen LogP contribution is -2.33. The van der Waals surface area contributed by atoms with Gasteiger partial charge in [-0.05, 0) is 26.0 Å². The van der Waals surface area contributed by atoms with Crippen molar-refractivity contribution >= 4 is 5.69 Å². The largest absolute Gasteiger partial charge is 0.363 e. The van der Waals surface area contributed by atoms with Crippen LogP contribution in [-0.4, -0.2) is 22.9 Å². The van der Waals surface area contributed by atoms with Gasteiger partial charge in [0.2, 0.25) is 0 Å². The summed E-state index contributed by atoms with van der Waals surface area (Å²) in [7, 11) is 0. The molecule has 102 valence electrons. The molecular weight excluding hydrogens is 236 g/mol. The summed E-state index contributed by atoms with van der Waals surface area (Å²) in [5, 5.41) is 4.35. The summed E-state index contributed by atoms with van der Waals surface area (Å²) in [5.41, 5.74) is 8.37. The van der Waals surface area contributed by atoms with Gasteiger partial charge in [0.05, 0.1) is 12.2 Å². The van der Waals surface area contributed by atoms with Crippen LogP contribution in [0.3, 0.4) is 0 Å². The molecule has 0 saturated carbocycles. The first kappa shape index (κ1) is 13.6. The van der Waals surface area contributed by atoms with E-state index in [4.69, 9.17) is 5.73 Å². The van der Waals surface area contributed by atoms with Crippen LogP contribution in [-0.2, 0) is 6.54 Å². The second-order valence-corrected chi connectivity index (χ2v) is 4.50. The molecule has 1 heterocycles. The lowest BCUT2D eigenvalue weighted by Gasteiger charge is -2.31. The van der Waals surface area contributed by atoms with Crippen molar-refractivity contribution < 1.29 is 0 Å². The highest BCUT2D eigenvalue weighted by Gasteiger charge is 2.19. The molecule has 0 fully saturated rings. The zero-order valence-corrected chi connectivity index (χ0v) is 11.7. The van der Waals surface area contributed by atoms with E-state index in [0.29, 0.717) is 6.54 Å². The molecule has 2 N–H and O–H groups in total. The molecule has 1 aromatic heterocycles. The van der Waals surface area contributed by atoms with E-state index >= 15 is 0 Å². The second kappa shape index (κ2) is 6.38. The molecule has 1 unspecified atom stereocenters. The van der Waals surface area contributed by atoms with Crippen LogP contribution in [0.2, 0.25) is 0 Å². The highest BCUT2D eigenvalue weighted by Crippen LogP contribution is 2.25. The van der Waals surface area contributed by atoms with E-state index < -0.39 is 0 Å². The van der Waals surface area contributed by atoms with Gasteiger partial charge in [-0.3, -0.25) is 4.68 Å². The van der Waals surface area contributed by atoms with Gasteiger partial charge in [0.15, 0.2) is 0 Å². The lowest BCUT2D eigenvalue weighted by atomic mass is 10.1. The van der Waals surface area contributed by atoms with Gasteiger partial charge in [0.1, 0.15) is 0 Å². The molecule has 2 rings (SSSR count). The van der Waals surface area contributed by atoms with Crippen LogP contribution in [0, 0.1) is 0 Å². The maximum atomic E-state index is 5.99. The van der Waals surface area contributed by atoms with Crippen molar-refractivity contribution in [3.8, 4) is 0 Å². The fraction of sp³-hybridized carbons (Fsp3) is 0.400. The average Bonchev–Trinajstić information content (AvgIpc) is 2.94. The molecule has 0 bridgehead atoms. The lowest BCUT2D eigenvalue weighted by molar-refractivity contribution is 0.635. The van der Waals surface area contributed by atoms with Crippen LogP contribution < -0.4 is 10.6 Å². The molecule has 0 amide bonds. The Labute approximate surface area is 114 Å². The van der Waals surface area contributed by atoms with Crippen LogP contribution in [0.15, 0.2) is 42.7 Å². The quantitative estimate of drug-likeness (QED) is 0.865. The van der Waals surface area contributed by atoms with Gasteiger partial charge in [0, 0.05) is 37.1 Å². The van der Waals surface area contributed by atoms with Gasteiger partial charge in [0.25, 0.3) is 0 Å². The Morgan fingerprint density at radius 1 is 1.26 bits per heavy atom. The normalized spacial score (nSPS) is 12.4. The Hall–Kier alpha value is -1.81. The number of benzene rings is 1. The number of para-hydroxylation sites is 1. The Bertz CT molecular complexity index is 492. The zero-order valence-electron chi connectivity index (χ0n) is 11.7. The van der Waals surface area contributed by atoms with Crippen molar-refractivity contribution in [3.05, 3.63) is 48.3 Å². The number of aromatic nitrogens is 2. The third-order valence-electron chi connectivity index (χ3n) is 3.39. The Morgan fingerprint density at radius 3 is 2.53 bits per heavy atom. The SMILES string of the molecule is CCN(c1ccccc1)C(CN)c1cnn(CC)c1. The Balaban J connectivity index is 2.28. The maximum absolute atomic E-state index is 5.99. The first-order valence-electron chi connectivity index (χ1n) is 6.84. The van der Waals surface area contributed by atoms with E-state index in [0.717, 1.165) is 13.1 Å². The van der Waals surface area contributed by atoms with E-state index in [-0.39, 0.29) is 6.04 Å². The van der Waals surface area contributed by atoms with Crippen molar-refractivity contribution in [2.24, 2.45) is 5.73 Å². The molecule has 0 aliphatic carbocycles. The minimum atomic E-state index is 0.174. The van der Waals surface area contributed by atoms with Gasteiger partial charge in [-0.2, -0.15) is 5.10 Å². The number of rotatable bonds is 6. The summed E-state index contributed by atoms with van der Waals surface area (Å²) >= 11 is 0. The molecule has 4 nitrogen and oxygen atoms in total. The molecule has 19 heavy (non-hydrogen) atoms. The number of likely N-dealkylation sites (N-methyl/N-ethyl adjacent to an activating group) is 1. The third-order valence-corrected chi connectivity index (χ3v) is 3.39. The van der Waals surface area contributed by atoms with E-state index in [1.165, 1.54) is 11.3 Å². The number of nitrogens with two attached hydrogens (primary N) is 1. The van der Waals surface area contributed by atoms with E-state index in [2.05, 4.69) is 54.3 Å². The minimum absolute atomic E-state index is 0.174. The van der Waals surface area contributed by atoms with E-state index in [9.17, 15) is 0 Å². The summed E-state index contributed by atoms with van der Waals surface area (Å²) in [6.07, 6.45) is 4.01. The molecular formula is C15H22N4. The summed E-state index contributed by atoms with van der Waals surface area (Å²) in [4.78, 5) is 2.32. The summed E-state index contributed by atoms with van der Waals surface area (Å²) in [6.45, 7) is 6.62. The van der Waals surface area contributed by atoms with Crippen LogP contribution in [0.1, 0.15) is 25.5 Å². The first-order valence-corrected chi connectivity index (χ1v) is 6.84. The summed E-state index contributed by atoms with van der Waals surface area (Å²) in [6, 6.07) is 10.6. The van der Waals surface area contributed by atoms with Crippen molar-refractivity contribution in [1.29, 1.82) is 0 Å². The Kier molecular flexibility index (Phi) is 4.58. The number of aryl methyl sites for hydroxylation is 1. The van der Waals surface area contributed by atoms with Gasteiger partial charge in [-0.15, -0.1) is 0 Å². The highest BCUT2D eigenvalue weighted by molar-refractivity contribution is 5.48. The van der Waals surface area contributed by atoms with Gasteiger partial charge in [-0.25, -0.2) is 0 Å². The average molecular weight is 258 g/mol. The first-order chi connectivity index (χ1) is 9.30. The van der Waals surface area contributed by atoms with Crippen molar-refractivity contribution in [2.45, 2.75) is 26.4 Å². The second-order valence-electron chi connectivity index (χ2n) is 4.50. The Morgan fingerprint density at radius 2 is 2.00 bits per heavy atom. The van der Waals surface area contributed by atoms with Gasteiger partial charge in [-0.1, -0.05) is 18.2 Å². The van der Waals surface area contributed by atoms with Crippen LogP contribution in [0.4, 0.5) is 5.69 Å². The van der Waals surface area contributed by atoms with Crippen LogP contribution in [0.5, 0.6) is 0 Å². The maximum Gasteiger partial charge on any atom is 0.0695 e. The molecule has 0 aliphatic heterocycles. The fourth-order valence-corrected chi connectivity index (χ4v) is 2.37. The highest BCUT2D eigenvalue weighted by atomic mass is 15.3. The zero-order chi connectivity index (χ0) is 13.7. The predicted molar refractivity (Wildman–Crippen MR) is 79.2 cm³/mol. The van der Waals surface area contributed by atoms with Crippen molar-refractivity contribution in [1.82, 2.24) is 9.78 Å². The monoisotopic (exact) mass is 258 g/mol. The number of hydrogen-bond donors (Lipinski definition) is 1. The summed E-state index contributed by atoms with van der Waals surface area (Å²) in [5.74, 6) is 0. The molecule has 1 atom stereocenters. The van der Waals surface area contributed by atoms with Crippen LogP contribution >= 0.6 is 0 Å². The van der Waals surface area contributed by atoms with Gasteiger partial charge < -0.3 is 10.6 Å².